The second kappa shape index (κ2) is 8.81. The van der Waals surface area contributed by atoms with Crippen LogP contribution in [0.4, 0.5) is 17.6 Å². The van der Waals surface area contributed by atoms with Gasteiger partial charge in [0, 0.05) is 17.8 Å². The van der Waals surface area contributed by atoms with Crippen LogP contribution in [0.3, 0.4) is 0 Å². The zero-order valence-electron chi connectivity index (χ0n) is 15.5. The summed E-state index contributed by atoms with van der Waals surface area (Å²) in [6.07, 6.45) is 4.21. The molecule has 0 fully saturated rings. The van der Waals surface area contributed by atoms with E-state index in [4.69, 9.17) is 4.74 Å². The number of rotatable bonds is 8. The number of ether oxygens (including phenoxy) is 3. The molecule has 0 amide bonds. The Kier molecular flexibility index (Phi) is 5.78. The zero-order valence-corrected chi connectivity index (χ0v) is 15.5. The summed E-state index contributed by atoms with van der Waals surface area (Å²) in [7, 11) is 0. The molecule has 0 saturated heterocycles. The van der Waals surface area contributed by atoms with Gasteiger partial charge >= 0.3 is 13.2 Å². The molecule has 8 nitrogen and oxygen atoms in total. The van der Waals surface area contributed by atoms with Crippen LogP contribution in [0.15, 0.2) is 55.0 Å². The van der Waals surface area contributed by atoms with Crippen molar-refractivity contribution >= 4 is 5.65 Å². The molecule has 0 spiro atoms. The van der Waals surface area contributed by atoms with Crippen LogP contribution >= 0.6 is 0 Å². The fourth-order valence-electron chi connectivity index (χ4n) is 2.76. The Bertz CT molecular complexity index is 1170. The molecule has 3 aromatic heterocycles. The van der Waals surface area contributed by atoms with Crippen molar-refractivity contribution < 1.29 is 31.8 Å². The number of benzene rings is 1. The quantitative estimate of drug-likeness (QED) is 0.387. The van der Waals surface area contributed by atoms with Crippen molar-refractivity contribution in [2.45, 2.75) is 19.8 Å². The maximum atomic E-state index is 12.4. The maximum Gasteiger partial charge on any atom is 0.387 e. The van der Waals surface area contributed by atoms with Crippen LogP contribution in [0.25, 0.3) is 17.0 Å². The molecule has 0 radical (unpaired) electrons. The highest BCUT2D eigenvalue weighted by molar-refractivity contribution is 5.61. The third kappa shape index (κ3) is 4.79. The Balaban J connectivity index is 1.59. The Hall–Kier alpha value is -3.96. The Labute approximate surface area is 172 Å². The summed E-state index contributed by atoms with van der Waals surface area (Å²) >= 11 is 0. The van der Waals surface area contributed by atoms with E-state index in [2.05, 4.69) is 29.6 Å². The normalized spacial score (nSPS) is 11.3. The van der Waals surface area contributed by atoms with Crippen LogP contribution in [0.2, 0.25) is 0 Å². The molecule has 4 rings (SSSR count). The van der Waals surface area contributed by atoms with E-state index in [1.165, 1.54) is 42.9 Å². The Morgan fingerprint density at radius 3 is 2.35 bits per heavy atom. The van der Waals surface area contributed by atoms with Gasteiger partial charge < -0.3 is 14.2 Å². The van der Waals surface area contributed by atoms with Crippen molar-refractivity contribution in [3.05, 3.63) is 60.7 Å². The highest BCUT2D eigenvalue weighted by atomic mass is 19.3. The average Bonchev–Trinajstić information content (AvgIpc) is 3.17. The summed E-state index contributed by atoms with van der Waals surface area (Å²) < 4.78 is 65.5. The third-order valence-electron chi connectivity index (χ3n) is 4.00. The fourth-order valence-corrected chi connectivity index (χ4v) is 2.76. The molecule has 0 aliphatic carbocycles. The molecular weight excluding hydrogens is 422 g/mol. The largest absolute Gasteiger partial charge is 0.471 e. The van der Waals surface area contributed by atoms with Gasteiger partial charge in [0.1, 0.15) is 18.1 Å². The van der Waals surface area contributed by atoms with E-state index in [9.17, 15) is 17.6 Å². The van der Waals surface area contributed by atoms with Gasteiger partial charge in [-0.05, 0) is 30.3 Å². The average molecular weight is 435 g/mol. The third-order valence-corrected chi connectivity index (χ3v) is 4.00. The smallest absolute Gasteiger partial charge is 0.387 e. The molecule has 0 unspecified atom stereocenters. The van der Waals surface area contributed by atoms with E-state index >= 15 is 0 Å². The van der Waals surface area contributed by atoms with Crippen LogP contribution in [-0.2, 0) is 6.61 Å². The van der Waals surface area contributed by atoms with Crippen LogP contribution in [0.1, 0.15) is 5.69 Å². The number of halogens is 4. The van der Waals surface area contributed by atoms with E-state index in [-0.39, 0.29) is 24.0 Å². The highest BCUT2D eigenvalue weighted by Gasteiger charge is 2.14. The molecule has 0 aliphatic rings. The molecular formula is C19H13F4N5O3. The lowest BCUT2D eigenvalue weighted by molar-refractivity contribution is -0.0506. The van der Waals surface area contributed by atoms with Crippen molar-refractivity contribution in [2.75, 3.05) is 0 Å². The molecule has 31 heavy (non-hydrogen) atoms. The molecule has 3 heterocycles. The van der Waals surface area contributed by atoms with Crippen molar-refractivity contribution in [1.29, 1.82) is 0 Å². The summed E-state index contributed by atoms with van der Waals surface area (Å²) in [4.78, 5) is 8.10. The Morgan fingerprint density at radius 2 is 1.61 bits per heavy atom. The zero-order chi connectivity index (χ0) is 21.8. The topological polar surface area (TPSA) is 83.7 Å². The summed E-state index contributed by atoms with van der Waals surface area (Å²) in [6.45, 7) is -5.95. The van der Waals surface area contributed by atoms with E-state index < -0.39 is 13.2 Å². The van der Waals surface area contributed by atoms with Crippen LogP contribution in [0, 0.1) is 0 Å². The Morgan fingerprint density at radius 1 is 0.871 bits per heavy atom. The first kappa shape index (κ1) is 20.3. The number of fused-ring (bicyclic) bond motifs is 1. The number of hydrogen-bond acceptors (Lipinski definition) is 7. The number of pyridine rings is 1. The highest BCUT2D eigenvalue weighted by Crippen LogP contribution is 2.26. The minimum absolute atomic E-state index is 0.00248. The molecule has 0 aliphatic heterocycles. The predicted molar refractivity (Wildman–Crippen MR) is 98.1 cm³/mol. The standard InChI is InChI=1S/C19H13F4N5O3/c20-18(21)30-13-3-1-11(2-4-13)17-27-26-15-8-24-9-16(28(15)17)29-10-12-7-14(5-6-25-12)31-19(22)23/h1-9,18-19H,10H2. The number of alkyl halides is 4. The second-order valence-corrected chi connectivity index (χ2v) is 6.02. The molecule has 0 N–H and O–H groups in total. The van der Waals surface area contributed by atoms with Crippen molar-refractivity contribution in [1.82, 2.24) is 24.6 Å². The lowest BCUT2D eigenvalue weighted by atomic mass is 10.2. The van der Waals surface area contributed by atoms with Crippen LogP contribution < -0.4 is 14.2 Å². The lowest BCUT2D eigenvalue weighted by Gasteiger charge is -2.10. The van der Waals surface area contributed by atoms with Crippen LogP contribution in [-0.4, -0.2) is 37.8 Å². The van der Waals surface area contributed by atoms with Crippen molar-refractivity contribution in [2.24, 2.45) is 0 Å². The van der Waals surface area contributed by atoms with E-state index in [1.807, 2.05) is 0 Å². The molecule has 0 bridgehead atoms. The first-order chi connectivity index (χ1) is 15.0. The van der Waals surface area contributed by atoms with Gasteiger partial charge in [-0.1, -0.05) is 0 Å². The minimum atomic E-state index is -2.95. The fraction of sp³-hybridized carbons (Fsp3) is 0.158. The molecule has 0 saturated carbocycles. The summed E-state index contributed by atoms with van der Waals surface area (Å²) in [5.74, 6) is 0.588. The monoisotopic (exact) mass is 435 g/mol. The van der Waals surface area contributed by atoms with Crippen molar-refractivity contribution in [3.8, 4) is 28.8 Å². The van der Waals surface area contributed by atoms with Crippen molar-refractivity contribution in [3.63, 3.8) is 0 Å². The lowest BCUT2D eigenvalue weighted by Crippen LogP contribution is -2.06. The number of hydrogen-bond donors (Lipinski definition) is 0. The second-order valence-electron chi connectivity index (χ2n) is 6.02. The minimum Gasteiger partial charge on any atom is -0.471 e. The van der Waals surface area contributed by atoms with E-state index in [0.717, 1.165) is 0 Å². The molecule has 160 valence electrons. The predicted octanol–water partition coefficient (Wildman–Crippen LogP) is 3.97. The number of aromatic nitrogens is 5. The van der Waals surface area contributed by atoms with Gasteiger partial charge in [0.2, 0.25) is 5.88 Å². The van der Waals surface area contributed by atoms with Gasteiger partial charge in [0.25, 0.3) is 0 Å². The number of nitrogens with zero attached hydrogens (tertiary/aromatic N) is 5. The summed E-state index contributed by atoms with van der Waals surface area (Å²) in [5.41, 5.74) is 1.29. The molecule has 4 aromatic rings. The maximum absolute atomic E-state index is 12.4. The molecule has 1 aromatic carbocycles. The SMILES string of the molecule is FC(F)Oc1ccc(-c2nnc3cncc(OCc4cc(OC(F)F)ccn4)n23)cc1. The first-order valence-electron chi connectivity index (χ1n) is 8.76. The van der Waals surface area contributed by atoms with Gasteiger partial charge in [-0.3, -0.25) is 9.97 Å². The first-order valence-corrected chi connectivity index (χ1v) is 8.76. The van der Waals surface area contributed by atoms with Gasteiger partial charge in [-0.2, -0.15) is 17.6 Å². The summed E-state index contributed by atoms with van der Waals surface area (Å²) in [6, 6.07) is 8.48. The van der Waals surface area contributed by atoms with Gasteiger partial charge in [-0.15, -0.1) is 10.2 Å². The van der Waals surface area contributed by atoms with Gasteiger partial charge in [0.15, 0.2) is 11.5 Å². The summed E-state index contributed by atoms with van der Waals surface area (Å²) in [5, 5.41) is 8.13. The molecule has 0 atom stereocenters. The molecule has 12 heteroatoms. The van der Waals surface area contributed by atoms with Gasteiger partial charge in [-0.25, -0.2) is 4.40 Å². The van der Waals surface area contributed by atoms with Crippen LogP contribution in [0.5, 0.6) is 17.4 Å². The van der Waals surface area contributed by atoms with E-state index in [1.54, 1.807) is 16.5 Å². The van der Waals surface area contributed by atoms with E-state index in [0.29, 0.717) is 22.7 Å². The van der Waals surface area contributed by atoms with Gasteiger partial charge in [0.05, 0.1) is 18.1 Å².